The van der Waals surface area contributed by atoms with Crippen LogP contribution >= 0.6 is 0 Å². The molecule has 5 nitrogen and oxygen atoms in total. The van der Waals surface area contributed by atoms with Crippen LogP contribution in [-0.2, 0) is 9.63 Å². The van der Waals surface area contributed by atoms with Gasteiger partial charge in [0.15, 0.2) is 0 Å². The van der Waals surface area contributed by atoms with Gasteiger partial charge in [0.1, 0.15) is 0 Å². The standard InChI is InChI=1S/C11H17N3O2/c1-14(16-2)8-7-11(15)13-10-6-4-3-5-9(10)12/h3-6H,7-8,12H2,1-2H3,(H,13,15). The lowest BCUT2D eigenvalue weighted by molar-refractivity contribution is -0.126. The van der Waals surface area contributed by atoms with Gasteiger partial charge in [-0.15, -0.1) is 0 Å². The van der Waals surface area contributed by atoms with Gasteiger partial charge in [-0.3, -0.25) is 4.79 Å². The summed E-state index contributed by atoms with van der Waals surface area (Å²) < 4.78 is 0. The van der Waals surface area contributed by atoms with E-state index in [1.807, 2.05) is 12.1 Å². The number of nitrogens with two attached hydrogens (primary N) is 1. The lowest BCUT2D eigenvalue weighted by Gasteiger charge is -2.13. The van der Waals surface area contributed by atoms with E-state index in [4.69, 9.17) is 10.6 Å². The highest BCUT2D eigenvalue weighted by Crippen LogP contribution is 2.16. The summed E-state index contributed by atoms with van der Waals surface area (Å²) in [5.74, 6) is -0.0817. The number of nitrogens with zero attached hydrogens (tertiary/aromatic N) is 1. The number of nitrogens with one attached hydrogen (secondary N) is 1. The molecule has 0 aliphatic heterocycles. The molecule has 0 unspecified atom stereocenters. The summed E-state index contributed by atoms with van der Waals surface area (Å²) in [6.07, 6.45) is 0.360. The van der Waals surface area contributed by atoms with Gasteiger partial charge in [-0.1, -0.05) is 12.1 Å². The predicted octanol–water partition coefficient (Wildman–Crippen LogP) is 1.09. The van der Waals surface area contributed by atoms with Crippen LogP contribution in [0.25, 0.3) is 0 Å². The normalized spacial score (nSPS) is 10.4. The number of hydroxylamine groups is 2. The van der Waals surface area contributed by atoms with Gasteiger partial charge in [0.25, 0.3) is 0 Å². The highest BCUT2D eigenvalue weighted by atomic mass is 16.7. The molecule has 1 amide bonds. The van der Waals surface area contributed by atoms with Crippen molar-refractivity contribution in [1.82, 2.24) is 5.06 Å². The molecule has 0 atom stereocenters. The van der Waals surface area contributed by atoms with Crippen LogP contribution in [0, 0.1) is 0 Å². The van der Waals surface area contributed by atoms with Crippen molar-refractivity contribution in [3.8, 4) is 0 Å². The minimum absolute atomic E-state index is 0.0817. The average Bonchev–Trinajstić information content (AvgIpc) is 2.29. The second kappa shape index (κ2) is 6.09. The zero-order chi connectivity index (χ0) is 12.0. The molecule has 5 heteroatoms. The summed E-state index contributed by atoms with van der Waals surface area (Å²) in [6, 6.07) is 7.17. The Bertz CT molecular complexity index is 355. The van der Waals surface area contributed by atoms with E-state index in [-0.39, 0.29) is 5.91 Å². The van der Waals surface area contributed by atoms with Crippen LogP contribution < -0.4 is 11.1 Å². The molecule has 0 fully saturated rings. The molecular weight excluding hydrogens is 206 g/mol. The molecule has 0 saturated carbocycles. The fourth-order valence-corrected chi connectivity index (χ4v) is 1.17. The first-order chi connectivity index (χ1) is 7.63. The summed E-state index contributed by atoms with van der Waals surface area (Å²) in [4.78, 5) is 16.4. The van der Waals surface area contributed by atoms with Crippen LogP contribution in [0.3, 0.4) is 0 Å². The van der Waals surface area contributed by atoms with Gasteiger partial charge in [-0.05, 0) is 12.1 Å². The Morgan fingerprint density at radius 1 is 1.50 bits per heavy atom. The maximum atomic E-state index is 11.5. The second-order valence-corrected chi connectivity index (χ2v) is 3.42. The lowest BCUT2D eigenvalue weighted by Crippen LogP contribution is -2.23. The number of carbonyl (C=O) groups excluding carboxylic acids is 1. The molecule has 16 heavy (non-hydrogen) atoms. The van der Waals surface area contributed by atoms with Crippen LogP contribution in [0.15, 0.2) is 24.3 Å². The Morgan fingerprint density at radius 3 is 2.81 bits per heavy atom. The van der Waals surface area contributed by atoms with E-state index >= 15 is 0 Å². The van der Waals surface area contributed by atoms with Crippen molar-refractivity contribution >= 4 is 17.3 Å². The molecule has 1 aromatic carbocycles. The number of para-hydroxylation sites is 2. The molecule has 0 bridgehead atoms. The highest BCUT2D eigenvalue weighted by molar-refractivity contribution is 5.93. The van der Waals surface area contributed by atoms with Gasteiger partial charge in [0.05, 0.1) is 18.5 Å². The molecule has 0 radical (unpaired) electrons. The van der Waals surface area contributed by atoms with Crippen molar-refractivity contribution in [3.05, 3.63) is 24.3 Å². The van der Waals surface area contributed by atoms with E-state index in [9.17, 15) is 4.79 Å². The summed E-state index contributed by atoms with van der Waals surface area (Å²) in [5, 5.41) is 4.33. The minimum Gasteiger partial charge on any atom is -0.397 e. The minimum atomic E-state index is -0.0817. The first-order valence-corrected chi connectivity index (χ1v) is 5.03. The van der Waals surface area contributed by atoms with Crippen molar-refractivity contribution in [1.29, 1.82) is 0 Å². The fraction of sp³-hybridized carbons (Fsp3) is 0.364. The van der Waals surface area contributed by atoms with Crippen LogP contribution in [0.5, 0.6) is 0 Å². The highest BCUT2D eigenvalue weighted by Gasteiger charge is 2.05. The monoisotopic (exact) mass is 223 g/mol. The van der Waals surface area contributed by atoms with E-state index in [1.54, 1.807) is 31.4 Å². The van der Waals surface area contributed by atoms with E-state index in [0.717, 1.165) is 0 Å². The topological polar surface area (TPSA) is 67.6 Å². The molecule has 3 N–H and O–H groups in total. The van der Waals surface area contributed by atoms with Crippen molar-refractivity contribution in [2.75, 3.05) is 31.8 Å². The number of amides is 1. The largest absolute Gasteiger partial charge is 0.397 e. The van der Waals surface area contributed by atoms with Gasteiger partial charge in [-0.2, -0.15) is 5.06 Å². The maximum absolute atomic E-state index is 11.5. The molecule has 0 heterocycles. The van der Waals surface area contributed by atoms with Gasteiger partial charge in [0, 0.05) is 20.0 Å². The van der Waals surface area contributed by atoms with Crippen molar-refractivity contribution in [2.45, 2.75) is 6.42 Å². The molecule has 1 aromatic rings. The zero-order valence-corrected chi connectivity index (χ0v) is 9.56. The first-order valence-electron chi connectivity index (χ1n) is 5.03. The SMILES string of the molecule is CON(C)CCC(=O)Nc1ccccc1N. The number of hydrogen-bond acceptors (Lipinski definition) is 4. The number of hydrogen-bond donors (Lipinski definition) is 2. The second-order valence-electron chi connectivity index (χ2n) is 3.42. The number of carbonyl (C=O) groups is 1. The number of anilines is 2. The number of nitrogen functional groups attached to an aromatic ring is 1. The van der Waals surface area contributed by atoms with Crippen LogP contribution in [-0.4, -0.2) is 31.7 Å². The van der Waals surface area contributed by atoms with Crippen LogP contribution in [0.2, 0.25) is 0 Å². The molecule has 88 valence electrons. The average molecular weight is 223 g/mol. The Labute approximate surface area is 95.1 Å². The Hall–Kier alpha value is -1.59. The van der Waals surface area contributed by atoms with Crippen LogP contribution in [0.1, 0.15) is 6.42 Å². The van der Waals surface area contributed by atoms with Gasteiger partial charge in [0.2, 0.25) is 5.91 Å². The molecule has 1 rings (SSSR count). The first kappa shape index (κ1) is 12.5. The van der Waals surface area contributed by atoms with Crippen molar-refractivity contribution < 1.29 is 9.63 Å². The molecule has 0 aliphatic carbocycles. The summed E-state index contributed by atoms with van der Waals surface area (Å²) in [6.45, 7) is 0.537. The molecule has 0 aliphatic rings. The molecular formula is C11H17N3O2. The third kappa shape index (κ3) is 3.88. The molecule has 0 saturated heterocycles. The fourth-order valence-electron chi connectivity index (χ4n) is 1.17. The third-order valence-electron chi connectivity index (χ3n) is 2.20. The van der Waals surface area contributed by atoms with E-state index in [0.29, 0.717) is 24.3 Å². The summed E-state index contributed by atoms with van der Waals surface area (Å²) in [5.41, 5.74) is 6.91. The van der Waals surface area contributed by atoms with Gasteiger partial charge >= 0.3 is 0 Å². The van der Waals surface area contributed by atoms with E-state index in [2.05, 4.69) is 5.32 Å². The predicted molar refractivity (Wildman–Crippen MR) is 63.7 cm³/mol. The van der Waals surface area contributed by atoms with Gasteiger partial charge in [-0.25, -0.2) is 0 Å². The Kier molecular flexibility index (Phi) is 4.75. The summed E-state index contributed by atoms with van der Waals surface area (Å²) in [7, 11) is 3.33. The van der Waals surface area contributed by atoms with E-state index < -0.39 is 0 Å². The summed E-state index contributed by atoms with van der Waals surface area (Å²) >= 11 is 0. The van der Waals surface area contributed by atoms with Crippen LogP contribution in [0.4, 0.5) is 11.4 Å². The molecule has 0 spiro atoms. The maximum Gasteiger partial charge on any atom is 0.225 e. The Morgan fingerprint density at radius 2 is 2.19 bits per heavy atom. The van der Waals surface area contributed by atoms with Crippen molar-refractivity contribution in [3.63, 3.8) is 0 Å². The molecule has 0 aromatic heterocycles. The van der Waals surface area contributed by atoms with Gasteiger partial charge < -0.3 is 15.9 Å². The number of benzene rings is 1. The Balaban J connectivity index is 2.43. The van der Waals surface area contributed by atoms with Crippen molar-refractivity contribution in [2.24, 2.45) is 0 Å². The quantitative estimate of drug-likeness (QED) is 0.579. The smallest absolute Gasteiger partial charge is 0.225 e. The van der Waals surface area contributed by atoms with E-state index in [1.165, 1.54) is 0 Å². The lowest BCUT2D eigenvalue weighted by atomic mass is 10.2. The third-order valence-corrected chi connectivity index (χ3v) is 2.20. The number of rotatable bonds is 5. The zero-order valence-electron chi connectivity index (χ0n) is 9.56.